The highest BCUT2D eigenvalue weighted by Gasteiger charge is 2.28. The van der Waals surface area contributed by atoms with Crippen molar-refractivity contribution < 1.29 is 9.53 Å². The van der Waals surface area contributed by atoms with Gasteiger partial charge in [0, 0.05) is 33.7 Å². The lowest BCUT2D eigenvalue weighted by atomic mass is 10.2. The zero-order valence-corrected chi connectivity index (χ0v) is 12.2. The normalized spacial score (nSPS) is 20.5. The molecular formula is C12H19ClN4O2. The second-order valence-corrected chi connectivity index (χ2v) is 5.31. The van der Waals surface area contributed by atoms with E-state index in [0.29, 0.717) is 24.7 Å². The van der Waals surface area contributed by atoms with Crippen molar-refractivity contribution in [2.45, 2.75) is 19.6 Å². The molecule has 0 aliphatic carbocycles. The van der Waals surface area contributed by atoms with Crippen LogP contribution in [0.15, 0.2) is 0 Å². The van der Waals surface area contributed by atoms with Gasteiger partial charge in [-0.3, -0.25) is 14.8 Å². The Bertz CT molecular complexity index is 461. The number of hydrogen-bond acceptors (Lipinski definition) is 4. The SMILES string of the molecule is Cc1[nH]nc(CN2CCO[C@H](C(=O)N(C)C)C2)c1Cl. The lowest BCUT2D eigenvalue weighted by Gasteiger charge is -2.32. The summed E-state index contributed by atoms with van der Waals surface area (Å²) in [4.78, 5) is 15.6. The third kappa shape index (κ3) is 3.26. The van der Waals surface area contributed by atoms with Gasteiger partial charge in [-0.2, -0.15) is 5.10 Å². The number of morpholine rings is 1. The zero-order valence-electron chi connectivity index (χ0n) is 11.4. The van der Waals surface area contributed by atoms with Crippen LogP contribution in [0.2, 0.25) is 5.02 Å². The van der Waals surface area contributed by atoms with Gasteiger partial charge < -0.3 is 9.64 Å². The smallest absolute Gasteiger partial charge is 0.252 e. The van der Waals surface area contributed by atoms with Crippen molar-refractivity contribution >= 4 is 17.5 Å². The molecule has 0 aromatic carbocycles. The van der Waals surface area contributed by atoms with E-state index in [0.717, 1.165) is 17.9 Å². The summed E-state index contributed by atoms with van der Waals surface area (Å²) in [6.07, 6.45) is -0.400. The summed E-state index contributed by atoms with van der Waals surface area (Å²) in [6.45, 7) is 4.41. The van der Waals surface area contributed by atoms with E-state index in [9.17, 15) is 4.79 Å². The molecule has 1 atom stereocenters. The predicted molar refractivity (Wildman–Crippen MR) is 72.0 cm³/mol. The average molecular weight is 287 g/mol. The first-order chi connectivity index (χ1) is 8.99. The summed E-state index contributed by atoms with van der Waals surface area (Å²) in [5.74, 6) is -0.00555. The summed E-state index contributed by atoms with van der Waals surface area (Å²) < 4.78 is 5.51. The summed E-state index contributed by atoms with van der Waals surface area (Å²) >= 11 is 6.15. The lowest BCUT2D eigenvalue weighted by Crippen LogP contribution is -2.49. The molecular weight excluding hydrogens is 268 g/mol. The van der Waals surface area contributed by atoms with Gasteiger partial charge >= 0.3 is 0 Å². The molecule has 1 aliphatic rings. The summed E-state index contributed by atoms with van der Waals surface area (Å²) in [7, 11) is 3.47. The largest absolute Gasteiger partial charge is 0.366 e. The van der Waals surface area contributed by atoms with Gasteiger partial charge in [0.15, 0.2) is 0 Å². The van der Waals surface area contributed by atoms with E-state index in [1.54, 1.807) is 19.0 Å². The summed E-state index contributed by atoms with van der Waals surface area (Å²) in [6, 6.07) is 0. The number of amides is 1. The van der Waals surface area contributed by atoms with E-state index in [1.165, 1.54) is 0 Å². The van der Waals surface area contributed by atoms with Gasteiger partial charge in [0.05, 0.1) is 23.0 Å². The van der Waals surface area contributed by atoms with Crippen molar-refractivity contribution in [3.63, 3.8) is 0 Å². The highest BCUT2D eigenvalue weighted by molar-refractivity contribution is 6.31. The van der Waals surface area contributed by atoms with Gasteiger partial charge in [-0.15, -0.1) is 0 Å². The third-order valence-corrected chi connectivity index (χ3v) is 3.68. The molecule has 1 saturated heterocycles. The number of halogens is 1. The highest BCUT2D eigenvalue weighted by atomic mass is 35.5. The molecule has 1 N–H and O–H groups in total. The van der Waals surface area contributed by atoms with Gasteiger partial charge in [0.2, 0.25) is 0 Å². The van der Waals surface area contributed by atoms with E-state index in [1.807, 2.05) is 6.92 Å². The monoisotopic (exact) mass is 286 g/mol. The minimum Gasteiger partial charge on any atom is -0.366 e. The van der Waals surface area contributed by atoms with Crippen LogP contribution in [0.3, 0.4) is 0 Å². The van der Waals surface area contributed by atoms with Crippen LogP contribution >= 0.6 is 11.6 Å². The van der Waals surface area contributed by atoms with Crippen molar-refractivity contribution in [1.82, 2.24) is 20.0 Å². The maximum atomic E-state index is 11.9. The van der Waals surface area contributed by atoms with E-state index in [-0.39, 0.29) is 5.91 Å². The van der Waals surface area contributed by atoms with Crippen LogP contribution in [-0.2, 0) is 16.1 Å². The number of hydrogen-bond donors (Lipinski definition) is 1. The van der Waals surface area contributed by atoms with Crippen LogP contribution in [0.5, 0.6) is 0 Å². The molecule has 2 heterocycles. The van der Waals surface area contributed by atoms with Gasteiger partial charge in [0.1, 0.15) is 6.10 Å². The second-order valence-electron chi connectivity index (χ2n) is 4.94. The Morgan fingerprint density at radius 1 is 1.63 bits per heavy atom. The number of aromatic nitrogens is 2. The zero-order chi connectivity index (χ0) is 14.0. The molecule has 1 aliphatic heterocycles. The number of rotatable bonds is 3. The fourth-order valence-electron chi connectivity index (χ4n) is 2.07. The fraction of sp³-hybridized carbons (Fsp3) is 0.667. The third-order valence-electron chi connectivity index (χ3n) is 3.18. The number of aryl methyl sites for hydroxylation is 1. The Kier molecular flexibility index (Phi) is 4.44. The molecule has 19 heavy (non-hydrogen) atoms. The first-order valence-corrected chi connectivity index (χ1v) is 6.61. The van der Waals surface area contributed by atoms with Crippen molar-refractivity contribution in [1.29, 1.82) is 0 Å². The summed E-state index contributed by atoms with van der Waals surface area (Å²) in [5, 5.41) is 7.71. The standard InChI is InChI=1S/C12H19ClN4O2/c1-8-11(13)9(15-14-8)6-17-4-5-19-10(7-17)12(18)16(2)3/h10H,4-7H2,1-3H3,(H,14,15)/t10-/m0/s1. The minimum absolute atomic E-state index is 0.00555. The van der Waals surface area contributed by atoms with Crippen LogP contribution in [-0.4, -0.2) is 65.8 Å². The molecule has 1 aromatic heterocycles. The van der Waals surface area contributed by atoms with Crippen LogP contribution in [0.4, 0.5) is 0 Å². The number of H-pyrrole nitrogens is 1. The summed E-state index contributed by atoms with van der Waals surface area (Å²) in [5.41, 5.74) is 1.68. The molecule has 0 bridgehead atoms. The van der Waals surface area contributed by atoms with Crippen molar-refractivity contribution in [3.8, 4) is 0 Å². The van der Waals surface area contributed by atoms with Crippen LogP contribution in [0.1, 0.15) is 11.4 Å². The van der Waals surface area contributed by atoms with Gasteiger partial charge in [0.25, 0.3) is 5.91 Å². The van der Waals surface area contributed by atoms with Crippen molar-refractivity contribution in [2.75, 3.05) is 33.8 Å². The molecule has 2 rings (SSSR count). The maximum Gasteiger partial charge on any atom is 0.252 e. The highest BCUT2D eigenvalue weighted by Crippen LogP contribution is 2.20. The molecule has 0 spiro atoms. The topological polar surface area (TPSA) is 61.5 Å². The Balaban J connectivity index is 1.98. The number of nitrogens with zero attached hydrogens (tertiary/aromatic N) is 3. The number of carbonyl (C=O) groups is 1. The average Bonchev–Trinajstić information content (AvgIpc) is 2.70. The van der Waals surface area contributed by atoms with Gasteiger partial charge in [-0.25, -0.2) is 0 Å². The first-order valence-electron chi connectivity index (χ1n) is 6.23. The lowest BCUT2D eigenvalue weighted by molar-refractivity contribution is -0.147. The van der Waals surface area contributed by atoms with Crippen molar-refractivity contribution in [3.05, 3.63) is 16.4 Å². The number of carbonyl (C=O) groups excluding carboxylic acids is 1. The molecule has 1 amide bonds. The first kappa shape index (κ1) is 14.3. The predicted octanol–water partition coefficient (Wildman–Crippen LogP) is 0.661. The molecule has 6 nitrogen and oxygen atoms in total. The van der Waals surface area contributed by atoms with E-state index in [2.05, 4.69) is 15.1 Å². The fourth-order valence-corrected chi connectivity index (χ4v) is 2.21. The molecule has 0 radical (unpaired) electrons. The minimum atomic E-state index is -0.400. The number of likely N-dealkylation sites (N-methyl/N-ethyl adjacent to an activating group) is 1. The quantitative estimate of drug-likeness (QED) is 0.887. The molecule has 0 unspecified atom stereocenters. The Morgan fingerprint density at radius 3 is 2.95 bits per heavy atom. The number of aromatic amines is 1. The van der Waals surface area contributed by atoms with E-state index >= 15 is 0 Å². The second kappa shape index (κ2) is 5.90. The molecule has 0 saturated carbocycles. The Hall–Kier alpha value is -1.11. The maximum absolute atomic E-state index is 11.9. The van der Waals surface area contributed by atoms with E-state index in [4.69, 9.17) is 16.3 Å². The van der Waals surface area contributed by atoms with Crippen LogP contribution in [0.25, 0.3) is 0 Å². The van der Waals surface area contributed by atoms with E-state index < -0.39 is 6.10 Å². The van der Waals surface area contributed by atoms with Gasteiger partial charge in [-0.1, -0.05) is 11.6 Å². The number of nitrogens with one attached hydrogen (secondary N) is 1. The molecule has 106 valence electrons. The number of ether oxygens (including phenoxy) is 1. The Morgan fingerprint density at radius 2 is 2.37 bits per heavy atom. The van der Waals surface area contributed by atoms with Crippen molar-refractivity contribution in [2.24, 2.45) is 0 Å². The molecule has 1 fully saturated rings. The Labute approximate surface area is 117 Å². The molecule has 1 aromatic rings. The van der Waals surface area contributed by atoms with Crippen LogP contribution < -0.4 is 0 Å². The van der Waals surface area contributed by atoms with Gasteiger partial charge in [-0.05, 0) is 6.92 Å². The van der Waals surface area contributed by atoms with Crippen LogP contribution in [0, 0.1) is 6.92 Å². The molecule has 7 heteroatoms.